The zero-order valence-electron chi connectivity index (χ0n) is 10.8. The third kappa shape index (κ3) is 2.76. The summed E-state index contributed by atoms with van der Waals surface area (Å²) in [5, 5.41) is 10.1. The molecule has 0 saturated heterocycles. The number of allylic oxidation sites excluding steroid dienone is 2. The van der Waals surface area contributed by atoms with Gasteiger partial charge in [-0.2, -0.15) is 0 Å². The van der Waals surface area contributed by atoms with E-state index in [0.717, 1.165) is 31.5 Å². The molecule has 0 aromatic heterocycles. The molecule has 0 radical (unpaired) electrons. The largest absolute Gasteiger partial charge is 0.511 e. The van der Waals surface area contributed by atoms with Crippen molar-refractivity contribution in [2.75, 3.05) is 6.54 Å². The number of carbonyl (C=O) groups is 1. The fourth-order valence-corrected chi connectivity index (χ4v) is 2.69. The number of nitrogens with zero attached hydrogens (tertiary/aromatic N) is 1. The zero-order chi connectivity index (χ0) is 12.5. The van der Waals surface area contributed by atoms with Crippen LogP contribution in [-0.4, -0.2) is 23.1 Å². The highest BCUT2D eigenvalue weighted by Crippen LogP contribution is 2.36. The van der Waals surface area contributed by atoms with Crippen molar-refractivity contribution in [2.24, 2.45) is 10.4 Å². The van der Waals surface area contributed by atoms with E-state index in [1.54, 1.807) is 0 Å². The Hall–Kier alpha value is -1.12. The van der Waals surface area contributed by atoms with Gasteiger partial charge in [-0.3, -0.25) is 9.79 Å². The first-order valence-corrected chi connectivity index (χ1v) is 6.49. The first kappa shape index (κ1) is 12.3. The van der Waals surface area contributed by atoms with Crippen LogP contribution in [0.3, 0.4) is 0 Å². The van der Waals surface area contributed by atoms with Crippen LogP contribution in [0.25, 0.3) is 0 Å². The van der Waals surface area contributed by atoms with Gasteiger partial charge in [0.05, 0.1) is 5.57 Å². The van der Waals surface area contributed by atoms with Gasteiger partial charge in [0.1, 0.15) is 5.76 Å². The maximum absolute atomic E-state index is 12.1. The highest BCUT2D eigenvalue weighted by molar-refractivity contribution is 6.23. The maximum atomic E-state index is 12.1. The number of Topliss-reactive ketones (excluding diaryl/α,β-unsaturated/α-hetero) is 1. The lowest BCUT2D eigenvalue weighted by Crippen LogP contribution is -2.29. The van der Waals surface area contributed by atoms with Gasteiger partial charge < -0.3 is 5.11 Å². The van der Waals surface area contributed by atoms with Crippen LogP contribution in [0.4, 0.5) is 0 Å². The van der Waals surface area contributed by atoms with Crippen LogP contribution in [0, 0.1) is 5.41 Å². The lowest BCUT2D eigenvalue weighted by molar-refractivity contribution is -0.117. The van der Waals surface area contributed by atoms with E-state index in [1.807, 2.05) is 13.8 Å². The average molecular weight is 235 g/mol. The van der Waals surface area contributed by atoms with E-state index in [2.05, 4.69) is 4.99 Å². The van der Waals surface area contributed by atoms with Crippen molar-refractivity contribution >= 4 is 11.5 Å². The molecule has 1 aliphatic heterocycles. The molecule has 2 aliphatic rings. The molecular formula is C14H21NO2. The fraction of sp³-hybridized carbons (Fsp3) is 0.714. The Kier molecular flexibility index (Phi) is 3.36. The third-order valence-electron chi connectivity index (χ3n) is 3.52. The van der Waals surface area contributed by atoms with Gasteiger partial charge in [-0.25, -0.2) is 0 Å². The van der Waals surface area contributed by atoms with Crippen LogP contribution >= 0.6 is 0 Å². The van der Waals surface area contributed by atoms with Crippen molar-refractivity contribution in [3.63, 3.8) is 0 Å². The summed E-state index contributed by atoms with van der Waals surface area (Å²) in [5.74, 6) is 0.325. The maximum Gasteiger partial charge on any atom is 0.168 e. The molecule has 0 saturated carbocycles. The first-order valence-electron chi connectivity index (χ1n) is 6.49. The number of hydrogen-bond acceptors (Lipinski definition) is 3. The summed E-state index contributed by atoms with van der Waals surface area (Å²) in [5.41, 5.74) is 1.27. The lowest BCUT2D eigenvalue weighted by Gasteiger charge is -2.29. The summed E-state index contributed by atoms with van der Waals surface area (Å²) in [6.45, 7) is 4.84. The summed E-state index contributed by atoms with van der Waals surface area (Å²) in [7, 11) is 0. The minimum absolute atomic E-state index is 0.0689. The predicted octanol–water partition coefficient (Wildman–Crippen LogP) is 3.20. The van der Waals surface area contributed by atoms with Gasteiger partial charge in [-0.1, -0.05) is 20.3 Å². The molecule has 0 aromatic rings. The number of aliphatic hydroxyl groups is 1. The van der Waals surface area contributed by atoms with Gasteiger partial charge in [0.25, 0.3) is 0 Å². The van der Waals surface area contributed by atoms with Gasteiger partial charge in [-0.15, -0.1) is 0 Å². The second-order valence-corrected chi connectivity index (χ2v) is 5.90. The van der Waals surface area contributed by atoms with E-state index in [0.29, 0.717) is 18.4 Å². The number of carbonyl (C=O) groups excluding carboxylic acids is 1. The molecule has 1 N–H and O–H groups in total. The Morgan fingerprint density at radius 2 is 1.94 bits per heavy atom. The van der Waals surface area contributed by atoms with Gasteiger partial charge in [-0.05, 0) is 24.7 Å². The number of rotatable bonds is 1. The molecule has 3 heteroatoms. The first-order chi connectivity index (χ1) is 7.99. The second kappa shape index (κ2) is 4.63. The molecule has 0 fully saturated rings. The standard InChI is InChI=1S/C14H21NO2/c1-14(2)8-11(16)13(12(17)9-14)10-6-4-3-5-7-15-10/h16H,3-9H2,1-2H3. The number of ketones is 1. The van der Waals surface area contributed by atoms with Gasteiger partial charge in [0, 0.05) is 25.1 Å². The van der Waals surface area contributed by atoms with Crippen molar-refractivity contribution in [3.05, 3.63) is 11.3 Å². The molecular weight excluding hydrogens is 214 g/mol. The summed E-state index contributed by atoms with van der Waals surface area (Å²) >= 11 is 0. The topological polar surface area (TPSA) is 49.7 Å². The summed E-state index contributed by atoms with van der Waals surface area (Å²) in [6, 6.07) is 0. The van der Waals surface area contributed by atoms with Gasteiger partial charge >= 0.3 is 0 Å². The highest BCUT2D eigenvalue weighted by atomic mass is 16.3. The summed E-state index contributed by atoms with van der Waals surface area (Å²) in [4.78, 5) is 16.6. The van der Waals surface area contributed by atoms with Crippen LogP contribution in [-0.2, 0) is 4.79 Å². The van der Waals surface area contributed by atoms with E-state index in [-0.39, 0.29) is 17.0 Å². The molecule has 1 heterocycles. The molecule has 0 bridgehead atoms. The van der Waals surface area contributed by atoms with Gasteiger partial charge in [0.2, 0.25) is 0 Å². The normalized spacial score (nSPS) is 25.5. The van der Waals surface area contributed by atoms with E-state index in [9.17, 15) is 9.90 Å². The summed E-state index contributed by atoms with van der Waals surface area (Å²) in [6.07, 6.45) is 5.29. The molecule has 17 heavy (non-hydrogen) atoms. The quantitative estimate of drug-likeness (QED) is 0.758. The molecule has 2 rings (SSSR count). The third-order valence-corrected chi connectivity index (χ3v) is 3.52. The van der Waals surface area contributed by atoms with Crippen LogP contribution in [0.5, 0.6) is 0 Å². The Morgan fingerprint density at radius 3 is 2.65 bits per heavy atom. The van der Waals surface area contributed by atoms with Crippen LogP contribution in [0.1, 0.15) is 52.4 Å². The Morgan fingerprint density at radius 1 is 1.18 bits per heavy atom. The molecule has 1 aliphatic carbocycles. The molecule has 0 unspecified atom stereocenters. The minimum atomic E-state index is -0.115. The van der Waals surface area contributed by atoms with Crippen molar-refractivity contribution in [1.82, 2.24) is 0 Å². The highest BCUT2D eigenvalue weighted by Gasteiger charge is 2.34. The number of aliphatic hydroxyl groups excluding tert-OH is 1. The Bertz CT molecular complexity index is 391. The molecule has 0 spiro atoms. The van der Waals surface area contributed by atoms with Crippen LogP contribution in [0.15, 0.2) is 16.3 Å². The van der Waals surface area contributed by atoms with E-state index < -0.39 is 0 Å². The lowest BCUT2D eigenvalue weighted by atomic mass is 9.75. The zero-order valence-corrected chi connectivity index (χ0v) is 10.8. The van der Waals surface area contributed by atoms with Gasteiger partial charge in [0.15, 0.2) is 5.78 Å². The van der Waals surface area contributed by atoms with E-state index >= 15 is 0 Å². The molecule has 0 aromatic carbocycles. The smallest absolute Gasteiger partial charge is 0.168 e. The van der Waals surface area contributed by atoms with Crippen molar-refractivity contribution in [3.8, 4) is 0 Å². The SMILES string of the molecule is CC1(C)CC(=O)C(C2=NCCCCC2)=C(O)C1. The number of hydrogen-bond donors (Lipinski definition) is 1. The van der Waals surface area contributed by atoms with E-state index in [1.165, 1.54) is 6.42 Å². The minimum Gasteiger partial charge on any atom is -0.511 e. The second-order valence-electron chi connectivity index (χ2n) is 5.90. The van der Waals surface area contributed by atoms with E-state index in [4.69, 9.17) is 0 Å². The molecule has 0 atom stereocenters. The Labute approximate surface area is 103 Å². The molecule has 3 nitrogen and oxygen atoms in total. The predicted molar refractivity (Wildman–Crippen MR) is 68.4 cm³/mol. The summed E-state index contributed by atoms with van der Waals surface area (Å²) < 4.78 is 0. The monoisotopic (exact) mass is 235 g/mol. The van der Waals surface area contributed by atoms with Crippen LogP contribution < -0.4 is 0 Å². The van der Waals surface area contributed by atoms with Crippen LogP contribution in [0.2, 0.25) is 0 Å². The Balaban J connectivity index is 2.30. The number of aliphatic imine (C=N–C) groups is 1. The van der Waals surface area contributed by atoms with Crippen molar-refractivity contribution < 1.29 is 9.90 Å². The fourth-order valence-electron chi connectivity index (χ4n) is 2.69. The van der Waals surface area contributed by atoms with Crippen molar-refractivity contribution in [1.29, 1.82) is 0 Å². The molecule has 0 amide bonds. The molecule has 94 valence electrons. The average Bonchev–Trinajstić information content (AvgIpc) is 2.43. The van der Waals surface area contributed by atoms with Crippen molar-refractivity contribution in [2.45, 2.75) is 52.4 Å².